The van der Waals surface area contributed by atoms with E-state index in [4.69, 9.17) is 5.11 Å². The first kappa shape index (κ1) is 17.4. The SMILES string of the molecule is CC(=O)c1c(C)[nH]c(C(=O)NC(C)CCCO)c1C(C)C. The van der Waals surface area contributed by atoms with Gasteiger partial charge in [0.2, 0.25) is 0 Å². The lowest BCUT2D eigenvalue weighted by molar-refractivity contribution is 0.0930. The third kappa shape index (κ3) is 4.17. The maximum atomic E-state index is 12.4. The van der Waals surface area contributed by atoms with Crippen LogP contribution in [0.5, 0.6) is 0 Å². The van der Waals surface area contributed by atoms with Crippen molar-refractivity contribution in [2.75, 3.05) is 6.61 Å². The van der Waals surface area contributed by atoms with Gasteiger partial charge in [0, 0.05) is 23.9 Å². The summed E-state index contributed by atoms with van der Waals surface area (Å²) in [5.74, 6) is -0.137. The number of aliphatic hydroxyl groups excluding tert-OH is 1. The molecule has 118 valence electrons. The zero-order chi connectivity index (χ0) is 16.2. The van der Waals surface area contributed by atoms with Crippen LogP contribution in [0.1, 0.15) is 78.6 Å². The predicted octanol–water partition coefficient (Wildman–Crippen LogP) is 2.54. The molecular formula is C16H26N2O3. The molecule has 0 aliphatic carbocycles. The molecule has 0 radical (unpaired) electrons. The standard InChI is InChI=1S/C16H26N2O3/c1-9(2)13-14(12(5)20)11(4)18-15(13)16(21)17-10(3)7-6-8-19/h9-10,18-19H,6-8H2,1-5H3,(H,17,21). The maximum absolute atomic E-state index is 12.4. The van der Waals surface area contributed by atoms with E-state index in [2.05, 4.69) is 10.3 Å². The Balaban J connectivity index is 3.04. The first-order valence-electron chi connectivity index (χ1n) is 7.44. The van der Waals surface area contributed by atoms with E-state index in [9.17, 15) is 9.59 Å². The van der Waals surface area contributed by atoms with E-state index in [1.165, 1.54) is 6.92 Å². The van der Waals surface area contributed by atoms with Crippen molar-refractivity contribution in [3.63, 3.8) is 0 Å². The van der Waals surface area contributed by atoms with Gasteiger partial charge in [0.1, 0.15) is 5.69 Å². The number of hydrogen-bond donors (Lipinski definition) is 3. The lowest BCUT2D eigenvalue weighted by Crippen LogP contribution is -2.33. The van der Waals surface area contributed by atoms with Crippen LogP contribution in [0.3, 0.4) is 0 Å². The first-order valence-corrected chi connectivity index (χ1v) is 7.44. The molecule has 5 heteroatoms. The van der Waals surface area contributed by atoms with E-state index in [0.717, 1.165) is 17.7 Å². The number of H-pyrrole nitrogens is 1. The minimum atomic E-state index is -0.195. The van der Waals surface area contributed by atoms with E-state index < -0.39 is 0 Å². The summed E-state index contributed by atoms with van der Waals surface area (Å²) in [7, 11) is 0. The molecule has 0 aliphatic heterocycles. The fourth-order valence-corrected chi connectivity index (χ4v) is 2.62. The Bertz CT molecular complexity index is 518. The first-order chi connectivity index (χ1) is 9.79. The zero-order valence-electron chi connectivity index (χ0n) is 13.5. The van der Waals surface area contributed by atoms with E-state index in [1.807, 2.05) is 27.7 Å². The van der Waals surface area contributed by atoms with Crippen molar-refractivity contribution in [1.29, 1.82) is 0 Å². The van der Waals surface area contributed by atoms with Gasteiger partial charge in [-0.1, -0.05) is 13.8 Å². The van der Waals surface area contributed by atoms with Gasteiger partial charge in [-0.15, -0.1) is 0 Å². The summed E-state index contributed by atoms with van der Waals surface area (Å²) in [6, 6.07) is -0.0194. The Labute approximate surface area is 126 Å². The molecule has 0 aromatic carbocycles. The average Bonchev–Trinajstić information content (AvgIpc) is 2.74. The second-order valence-corrected chi connectivity index (χ2v) is 5.86. The molecule has 1 aromatic rings. The number of aliphatic hydroxyl groups is 1. The molecule has 1 atom stereocenters. The van der Waals surface area contributed by atoms with Gasteiger partial charge < -0.3 is 15.4 Å². The van der Waals surface area contributed by atoms with Gasteiger partial charge >= 0.3 is 0 Å². The van der Waals surface area contributed by atoms with Crippen molar-refractivity contribution < 1.29 is 14.7 Å². The minimum Gasteiger partial charge on any atom is -0.396 e. The molecule has 3 N–H and O–H groups in total. The lowest BCUT2D eigenvalue weighted by atomic mass is 9.95. The average molecular weight is 294 g/mol. The minimum absolute atomic E-state index is 0.0194. The lowest BCUT2D eigenvalue weighted by Gasteiger charge is -2.15. The number of aromatic nitrogens is 1. The monoisotopic (exact) mass is 294 g/mol. The quantitative estimate of drug-likeness (QED) is 0.676. The zero-order valence-corrected chi connectivity index (χ0v) is 13.5. The van der Waals surface area contributed by atoms with Crippen LogP contribution in [-0.4, -0.2) is 34.4 Å². The summed E-state index contributed by atoms with van der Waals surface area (Å²) in [5.41, 5.74) is 2.62. The molecule has 1 rings (SSSR count). The van der Waals surface area contributed by atoms with Crippen LogP contribution >= 0.6 is 0 Å². The number of nitrogens with one attached hydrogen (secondary N) is 2. The number of hydrogen-bond acceptors (Lipinski definition) is 3. The molecule has 1 aromatic heterocycles. The van der Waals surface area contributed by atoms with Crippen LogP contribution in [0.15, 0.2) is 0 Å². The maximum Gasteiger partial charge on any atom is 0.268 e. The number of ketones is 1. The number of Topliss-reactive ketones (excluding diaryl/α,β-unsaturated/α-hetero) is 1. The van der Waals surface area contributed by atoms with Crippen LogP contribution in [-0.2, 0) is 0 Å². The smallest absolute Gasteiger partial charge is 0.268 e. The van der Waals surface area contributed by atoms with Gasteiger partial charge in [-0.25, -0.2) is 0 Å². The Morgan fingerprint density at radius 2 is 1.90 bits per heavy atom. The van der Waals surface area contributed by atoms with Crippen molar-refractivity contribution in [3.05, 3.63) is 22.5 Å². The Kier molecular flexibility index (Phi) is 6.15. The van der Waals surface area contributed by atoms with Crippen LogP contribution in [0, 0.1) is 6.92 Å². The van der Waals surface area contributed by atoms with Crippen molar-refractivity contribution in [2.45, 2.75) is 59.4 Å². The topological polar surface area (TPSA) is 82.2 Å². The van der Waals surface area contributed by atoms with E-state index in [1.54, 1.807) is 0 Å². The second kappa shape index (κ2) is 7.41. The van der Waals surface area contributed by atoms with Crippen LogP contribution in [0.2, 0.25) is 0 Å². The summed E-state index contributed by atoms with van der Waals surface area (Å²) in [6.45, 7) is 9.31. The molecule has 0 bridgehead atoms. The molecule has 0 aliphatic rings. The number of amides is 1. The van der Waals surface area contributed by atoms with Crippen molar-refractivity contribution >= 4 is 11.7 Å². The molecule has 1 unspecified atom stereocenters. The molecule has 0 spiro atoms. The Morgan fingerprint density at radius 3 is 2.38 bits per heavy atom. The van der Waals surface area contributed by atoms with Gasteiger partial charge in [-0.05, 0) is 45.1 Å². The van der Waals surface area contributed by atoms with Crippen molar-refractivity contribution in [3.8, 4) is 0 Å². The van der Waals surface area contributed by atoms with Gasteiger partial charge in [0.25, 0.3) is 5.91 Å². The molecule has 21 heavy (non-hydrogen) atoms. The number of aromatic amines is 1. The highest BCUT2D eigenvalue weighted by Crippen LogP contribution is 2.27. The van der Waals surface area contributed by atoms with Crippen molar-refractivity contribution in [1.82, 2.24) is 10.3 Å². The normalized spacial score (nSPS) is 12.5. The van der Waals surface area contributed by atoms with Gasteiger partial charge in [0.15, 0.2) is 5.78 Å². The fraction of sp³-hybridized carbons (Fsp3) is 0.625. The summed E-state index contributed by atoms with van der Waals surface area (Å²) in [5, 5.41) is 11.7. The van der Waals surface area contributed by atoms with Gasteiger partial charge in [-0.2, -0.15) is 0 Å². The van der Waals surface area contributed by atoms with Gasteiger partial charge in [0.05, 0.1) is 0 Å². The molecule has 0 saturated heterocycles. The van der Waals surface area contributed by atoms with Crippen LogP contribution in [0.25, 0.3) is 0 Å². The summed E-state index contributed by atoms with van der Waals surface area (Å²) in [6.07, 6.45) is 1.37. The number of carbonyl (C=O) groups is 2. The largest absolute Gasteiger partial charge is 0.396 e. The highest BCUT2D eigenvalue weighted by Gasteiger charge is 2.25. The molecule has 1 heterocycles. The Morgan fingerprint density at radius 1 is 1.29 bits per heavy atom. The van der Waals surface area contributed by atoms with Crippen LogP contribution in [0.4, 0.5) is 0 Å². The molecular weight excluding hydrogens is 268 g/mol. The highest BCUT2D eigenvalue weighted by molar-refractivity contribution is 6.03. The van der Waals surface area contributed by atoms with E-state index >= 15 is 0 Å². The number of aryl methyl sites for hydroxylation is 1. The number of rotatable bonds is 7. The molecule has 0 saturated carbocycles. The molecule has 0 fully saturated rings. The van der Waals surface area contributed by atoms with E-state index in [0.29, 0.717) is 17.7 Å². The Hall–Kier alpha value is -1.62. The summed E-state index contributed by atoms with van der Waals surface area (Å²) < 4.78 is 0. The fourth-order valence-electron chi connectivity index (χ4n) is 2.62. The molecule has 1 amide bonds. The van der Waals surface area contributed by atoms with E-state index in [-0.39, 0.29) is 30.3 Å². The third-order valence-corrected chi connectivity index (χ3v) is 3.56. The molecule has 5 nitrogen and oxygen atoms in total. The van der Waals surface area contributed by atoms with Crippen molar-refractivity contribution in [2.24, 2.45) is 0 Å². The second-order valence-electron chi connectivity index (χ2n) is 5.86. The van der Waals surface area contributed by atoms with Crippen LogP contribution < -0.4 is 5.32 Å². The number of carbonyl (C=O) groups excluding carboxylic acids is 2. The summed E-state index contributed by atoms with van der Waals surface area (Å²) >= 11 is 0. The van der Waals surface area contributed by atoms with Gasteiger partial charge in [-0.3, -0.25) is 9.59 Å². The predicted molar refractivity (Wildman–Crippen MR) is 82.9 cm³/mol. The highest BCUT2D eigenvalue weighted by atomic mass is 16.3. The third-order valence-electron chi connectivity index (χ3n) is 3.56. The summed E-state index contributed by atoms with van der Waals surface area (Å²) in [4.78, 5) is 27.3.